The van der Waals surface area contributed by atoms with Gasteiger partial charge in [0.25, 0.3) is 5.91 Å². The minimum atomic E-state index is -0.743. The molecule has 0 saturated heterocycles. The standard InChI is InChI=1S/C26H26ClN3O3/c1-16(2)28-25(32)17(3)29(14-19-8-4-5-12-21(19)27)23(31)15-30-22-13-7-10-18-9-6-11-20(24(18)22)26(30)33/h4-13,16-17H,14-15H2,1-3H3,(H,28,32)/t17-/m0/s1. The third kappa shape index (κ3) is 4.44. The van der Waals surface area contributed by atoms with Crippen molar-refractivity contribution in [2.75, 3.05) is 11.4 Å². The van der Waals surface area contributed by atoms with Crippen LogP contribution in [0.15, 0.2) is 60.7 Å². The highest BCUT2D eigenvalue weighted by Crippen LogP contribution is 2.37. The number of nitrogens with zero attached hydrogens (tertiary/aromatic N) is 2. The topological polar surface area (TPSA) is 69.7 Å². The van der Waals surface area contributed by atoms with Gasteiger partial charge in [-0.25, -0.2) is 0 Å². The molecule has 1 aliphatic rings. The SMILES string of the molecule is CC(C)NC(=O)[C@H](C)N(Cc1ccccc1Cl)C(=O)CN1C(=O)c2cccc3cccc1c23. The predicted octanol–water partition coefficient (Wildman–Crippen LogP) is 4.40. The minimum Gasteiger partial charge on any atom is -0.352 e. The molecule has 7 heteroatoms. The largest absolute Gasteiger partial charge is 0.352 e. The second-order valence-corrected chi connectivity index (χ2v) is 8.93. The van der Waals surface area contributed by atoms with Crippen molar-refractivity contribution in [2.24, 2.45) is 0 Å². The molecule has 0 bridgehead atoms. The Hall–Kier alpha value is -3.38. The number of amides is 3. The normalized spacial score (nSPS) is 13.5. The molecule has 3 aromatic carbocycles. The number of anilines is 1. The van der Waals surface area contributed by atoms with Gasteiger partial charge in [-0.05, 0) is 49.9 Å². The molecule has 0 aromatic heterocycles. The Bertz CT molecular complexity index is 1240. The summed E-state index contributed by atoms with van der Waals surface area (Å²) < 4.78 is 0. The monoisotopic (exact) mass is 463 g/mol. The zero-order chi connectivity index (χ0) is 23.7. The van der Waals surface area contributed by atoms with Crippen molar-refractivity contribution in [3.8, 4) is 0 Å². The molecule has 1 aliphatic heterocycles. The molecule has 170 valence electrons. The minimum absolute atomic E-state index is 0.0653. The maximum Gasteiger partial charge on any atom is 0.259 e. The molecular formula is C26H26ClN3O3. The van der Waals surface area contributed by atoms with Crippen molar-refractivity contribution in [3.05, 3.63) is 76.8 Å². The molecule has 0 unspecified atom stereocenters. The molecule has 0 fully saturated rings. The Morgan fingerprint density at radius 1 is 1.00 bits per heavy atom. The first-order valence-corrected chi connectivity index (χ1v) is 11.3. The van der Waals surface area contributed by atoms with Gasteiger partial charge in [0.1, 0.15) is 12.6 Å². The summed E-state index contributed by atoms with van der Waals surface area (Å²) in [7, 11) is 0. The second-order valence-electron chi connectivity index (χ2n) is 8.52. The molecule has 3 amide bonds. The fraction of sp³-hybridized carbons (Fsp3) is 0.269. The van der Waals surface area contributed by atoms with Gasteiger partial charge in [-0.1, -0.05) is 54.1 Å². The van der Waals surface area contributed by atoms with E-state index in [9.17, 15) is 14.4 Å². The van der Waals surface area contributed by atoms with Gasteiger partial charge in [0.2, 0.25) is 11.8 Å². The van der Waals surface area contributed by atoms with E-state index in [0.29, 0.717) is 16.3 Å². The quantitative estimate of drug-likeness (QED) is 0.564. The fourth-order valence-electron chi connectivity index (χ4n) is 4.16. The summed E-state index contributed by atoms with van der Waals surface area (Å²) in [6.45, 7) is 5.41. The van der Waals surface area contributed by atoms with Crippen LogP contribution in [0.2, 0.25) is 5.02 Å². The van der Waals surface area contributed by atoms with Crippen LogP contribution in [0.3, 0.4) is 0 Å². The van der Waals surface area contributed by atoms with Gasteiger partial charge in [0, 0.05) is 28.6 Å². The highest BCUT2D eigenvalue weighted by molar-refractivity contribution is 6.31. The molecule has 1 heterocycles. The van der Waals surface area contributed by atoms with Crippen molar-refractivity contribution in [1.82, 2.24) is 10.2 Å². The maximum absolute atomic E-state index is 13.6. The summed E-state index contributed by atoms with van der Waals surface area (Å²) in [5.74, 6) is -0.810. The van der Waals surface area contributed by atoms with Gasteiger partial charge in [-0.15, -0.1) is 0 Å². The lowest BCUT2D eigenvalue weighted by atomic mass is 10.1. The van der Waals surface area contributed by atoms with Crippen LogP contribution in [-0.4, -0.2) is 41.2 Å². The van der Waals surface area contributed by atoms with Crippen LogP contribution in [0.5, 0.6) is 0 Å². The van der Waals surface area contributed by atoms with Crippen molar-refractivity contribution >= 4 is 45.8 Å². The van der Waals surface area contributed by atoms with E-state index >= 15 is 0 Å². The van der Waals surface area contributed by atoms with Gasteiger partial charge >= 0.3 is 0 Å². The smallest absolute Gasteiger partial charge is 0.259 e. The lowest BCUT2D eigenvalue weighted by Crippen LogP contribution is -2.51. The number of halogens is 1. The molecule has 0 saturated carbocycles. The third-order valence-electron chi connectivity index (χ3n) is 5.84. The number of nitrogens with one attached hydrogen (secondary N) is 1. The predicted molar refractivity (Wildman–Crippen MR) is 130 cm³/mol. The zero-order valence-corrected chi connectivity index (χ0v) is 19.6. The molecule has 6 nitrogen and oxygen atoms in total. The van der Waals surface area contributed by atoms with E-state index in [0.717, 1.165) is 16.3 Å². The van der Waals surface area contributed by atoms with Crippen LogP contribution >= 0.6 is 11.6 Å². The van der Waals surface area contributed by atoms with Gasteiger partial charge < -0.3 is 10.2 Å². The van der Waals surface area contributed by atoms with Gasteiger partial charge in [0.05, 0.1) is 5.69 Å². The number of carbonyl (C=O) groups excluding carboxylic acids is 3. The first kappa shape index (κ1) is 22.8. The molecule has 4 rings (SSSR count). The Balaban J connectivity index is 1.64. The second kappa shape index (κ2) is 9.24. The van der Waals surface area contributed by atoms with E-state index in [1.54, 1.807) is 19.1 Å². The first-order valence-electron chi connectivity index (χ1n) is 10.9. The Kier molecular flexibility index (Phi) is 6.38. The van der Waals surface area contributed by atoms with Crippen LogP contribution in [0.25, 0.3) is 10.8 Å². The van der Waals surface area contributed by atoms with Crippen LogP contribution in [0.4, 0.5) is 5.69 Å². The van der Waals surface area contributed by atoms with Gasteiger partial charge in [-0.2, -0.15) is 0 Å². The molecular weight excluding hydrogens is 438 g/mol. The highest BCUT2D eigenvalue weighted by atomic mass is 35.5. The van der Waals surface area contributed by atoms with Crippen LogP contribution in [0.1, 0.15) is 36.7 Å². The van der Waals surface area contributed by atoms with E-state index in [2.05, 4.69) is 5.32 Å². The summed E-state index contributed by atoms with van der Waals surface area (Å²) >= 11 is 6.35. The highest BCUT2D eigenvalue weighted by Gasteiger charge is 2.34. The molecule has 0 spiro atoms. The summed E-state index contributed by atoms with van der Waals surface area (Å²) in [4.78, 5) is 42.5. The van der Waals surface area contributed by atoms with Crippen LogP contribution in [0, 0.1) is 0 Å². The van der Waals surface area contributed by atoms with E-state index in [1.165, 1.54) is 9.80 Å². The lowest BCUT2D eigenvalue weighted by Gasteiger charge is -2.31. The maximum atomic E-state index is 13.6. The van der Waals surface area contributed by atoms with Gasteiger partial charge in [0.15, 0.2) is 0 Å². The van der Waals surface area contributed by atoms with Gasteiger partial charge in [-0.3, -0.25) is 19.3 Å². The van der Waals surface area contributed by atoms with E-state index in [1.807, 2.05) is 62.4 Å². The average molecular weight is 464 g/mol. The van der Waals surface area contributed by atoms with Crippen molar-refractivity contribution < 1.29 is 14.4 Å². The summed E-state index contributed by atoms with van der Waals surface area (Å²) in [5.41, 5.74) is 2.02. The Morgan fingerprint density at radius 2 is 1.70 bits per heavy atom. The number of carbonyl (C=O) groups is 3. The Labute approximate surface area is 198 Å². The summed E-state index contributed by atoms with van der Waals surface area (Å²) in [6.07, 6.45) is 0. The molecule has 1 N–H and O–H groups in total. The van der Waals surface area contributed by atoms with E-state index < -0.39 is 6.04 Å². The number of hydrogen-bond acceptors (Lipinski definition) is 3. The molecule has 0 radical (unpaired) electrons. The van der Waals surface area contributed by atoms with E-state index in [4.69, 9.17) is 11.6 Å². The lowest BCUT2D eigenvalue weighted by molar-refractivity contribution is -0.139. The number of rotatable bonds is 7. The van der Waals surface area contributed by atoms with Crippen molar-refractivity contribution in [3.63, 3.8) is 0 Å². The Morgan fingerprint density at radius 3 is 2.39 bits per heavy atom. The van der Waals surface area contributed by atoms with Crippen LogP contribution < -0.4 is 10.2 Å². The van der Waals surface area contributed by atoms with Crippen molar-refractivity contribution in [1.29, 1.82) is 0 Å². The third-order valence-corrected chi connectivity index (χ3v) is 6.21. The molecule has 0 aliphatic carbocycles. The summed E-state index contributed by atoms with van der Waals surface area (Å²) in [5, 5.41) is 5.18. The molecule has 3 aromatic rings. The first-order chi connectivity index (χ1) is 15.8. The molecule has 1 atom stereocenters. The zero-order valence-electron chi connectivity index (χ0n) is 18.8. The van der Waals surface area contributed by atoms with Crippen molar-refractivity contribution in [2.45, 2.75) is 39.4 Å². The number of benzene rings is 3. The number of hydrogen-bond donors (Lipinski definition) is 1. The summed E-state index contributed by atoms with van der Waals surface area (Å²) in [6, 6.07) is 17.6. The van der Waals surface area contributed by atoms with Crippen LogP contribution in [-0.2, 0) is 16.1 Å². The molecule has 33 heavy (non-hydrogen) atoms. The average Bonchev–Trinajstić information content (AvgIpc) is 3.05. The van der Waals surface area contributed by atoms with E-state index in [-0.39, 0.29) is 36.9 Å². The fourth-order valence-corrected chi connectivity index (χ4v) is 4.36.